The number of hydrogen-bond acceptors (Lipinski definition) is 3. The molecule has 0 saturated heterocycles. The molecule has 0 saturated carbocycles. The Kier molecular flexibility index (Phi) is 4.01. The van der Waals surface area contributed by atoms with Gasteiger partial charge in [-0.2, -0.15) is 0 Å². The quantitative estimate of drug-likeness (QED) is 0.894. The topological polar surface area (TPSA) is 66.4 Å². The molecule has 1 amide bonds. The third-order valence-electron chi connectivity index (χ3n) is 2.54. The Morgan fingerprint density at radius 1 is 1.32 bits per heavy atom. The molecule has 0 unspecified atom stereocenters. The first kappa shape index (κ1) is 13.8. The Morgan fingerprint density at radius 2 is 2.05 bits per heavy atom. The van der Waals surface area contributed by atoms with Crippen molar-refractivity contribution in [1.82, 2.24) is 0 Å². The maximum Gasteiger partial charge on any atom is 0.338 e. The standard InChI is InChI=1S/C13H10BrNO3S/c1-7-6-8(2-3-10(7)14)11(16)15-12-9(13(17)18)4-5-19-12/h2-6H,1H3,(H,15,16)(H,17,18). The number of amides is 1. The Balaban J connectivity index is 2.23. The van der Waals surface area contributed by atoms with E-state index in [2.05, 4.69) is 21.2 Å². The minimum absolute atomic E-state index is 0.104. The van der Waals surface area contributed by atoms with Crippen LogP contribution in [0.1, 0.15) is 26.3 Å². The van der Waals surface area contributed by atoms with Gasteiger partial charge in [0.25, 0.3) is 5.91 Å². The summed E-state index contributed by atoms with van der Waals surface area (Å²) in [6, 6.07) is 6.68. The molecule has 0 radical (unpaired) electrons. The van der Waals surface area contributed by atoms with E-state index in [1.54, 1.807) is 23.6 Å². The Labute approximate surface area is 122 Å². The van der Waals surface area contributed by atoms with Crippen molar-refractivity contribution in [3.63, 3.8) is 0 Å². The van der Waals surface area contributed by atoms with E-state index in [0.717, 1.165) is 10.0 Å². The van der Waals surface area contributed by atoms with Crippen molar-refractivity contribution in [1.29, 1.82) is 0 Å². The second-order valence-electron chi connectivity index (χ2n) is 3.89. The fourth-order valence-electron chi connectivity index (χ4n) is 1.54. The second kappa shape index (κ2) is 5.54. The van der Waals surface area contributed by atoms with E-state index >= 15 is 0 Å². The predicted octanol–water partition coefficient (Wildman–Crippen LogP) is 3.77. The van der Waals surface area contributed by atoms with Gasteiger partial charge in [-0.15, -0.1) is 11.3 Å². The molecule has 1 aromatic carbocycles. The zero-order valence-corrected chi connectivity index (χ0v) is 12.3. The third-order valence-corrected chi connectivity index (χ3v) is 4.26. The SMILES string of the molecule is Cc1cc(C(=O)Nc2sccc2C(=O)O)ccc1Br. The highest BCUT2D eigenvalue weighted by Crippen LogP contribution is 2.24. The van der Waals surface area contributed by atoms with Crippen LogP contribution in [-0.4, -0.2) is 17.0 Å². The zero-order chi connectivity index (χ0) is 14.0. The number of carboxylic acids is 1. The molecule has 4 nitrogen and oxygen atoms in total. The van der Waals surface area contributed by atoms with E-state index < -0.39 is 5.97 Å². The summed E-state index contributed by atoms with van der Waals surface area (Å²) in [7, 11) is 0. The summed E-state index contributed by atoms with van der Waals surface area (Å²) in [5.41, 5.74) is 1.54. The molecule has 0 aliphatic heterocycles. The van der Waals surface area contributed by atoms with Crippen LogP contribution in [0.15, 0.2) is 34.1 Å². The second-order valence-corrected chi connectivity index (χ2v) is 5.66. The summed E-state index contributed by atoms with van der Waals surface area (Å²) < 4.78 is 0.923. The number of rotatable bonds is 3. The molecule has 2 rings (SSSR count). The lowest BCUT2D eigenvalue weighted by molar-refractivity contribution is 0.0698. The summed E-state index contributed by atoms with van der Waals surface area (Å²) in [5, 5.41) is 13.6. The average Bonchev–Trinajstić information content (AvgIpc) is 2.80. The van der Waals surface area contributed by atoms with Gasteiger partial charge in [0.2, 0.25) is 0 Å². The highest BCUT2D eigenvalue weighted by molar-refractivity contribution is 9.10. The molecular weight excluding hydrogens is 330 g/mol. The number of aryl methyl sites for hydroxylation is 1. The first-order valence-electron chi connectivity index (χ1n) is 5.37. The molecule has 1 aromatic heterocycles. The lowest BCUT2D eigenvalue weighted by atomic mass is 10.1. The van der Waals surface area contributed by atoms with Crippen LogP contribution in [0.2, 0.25) is 0 Å². The molecule has 0 aliphatic carbocycles. The molecule has 2 N–H and O–H groups in total. The number of benzene rings is 1. The number of carbonyl (C=O) groups excluding carboxylic acids is 1. The summed E-state index contributed by atoms with van der Waals surface area (Å²) >= 11 is 4.55. The first-order valence-corrected chi connectivity index (χ1v) is 7.04. The normalized spacial score (nSPS) is 10.2. The van der Waals surface area contributed by atoms with Gasteiger partial charge in [-0.05, 0) is 42.1 Å². The maximum atomic E-state index is 12.0. The van der Waals surface area contributed by atoms with Crippen molar-refractivity contribution in [2.75, 3.05) is 5.32 Å². The van der Waals surface area contributed by atoms with Crippen LogP contribution in [0.5, 0.6) is 0 Å². The van der Waals surface area contributed by atoms with Crippen molar-refractivity contribution in [3.8, 4) is 0 Å². The van der Waals surface area contributed by atoms with E-state index in [0.29, 0.717) is 10.6 Å². The van der Waals surface area contributed by atoms with Gasteiger partial charge in [0.1, 0.15) is 5.00 Å². The van der Waals surface area contributed by atoms with Crippen LogP contribution in [-0.2, 0) is 0 Å². The lowest BCUT2D eigenvalue weighted by Gasteiger charge is -2.06. The molecule has 19 heavy (non-hydrogen) atoms. The van der Waals surface area contributed by atoms with E-state index in [-0.39, 0.29) is 11.5 Å². The van der Waals surface area contributed by atoms with Crippen molar-refractivity contribution >= 4 is 44.1 Å². The monoisotopic (exact) mass is 339 g/mol. The first-order chi connectivity index (χ1) is 8.99. The smallest absolute Gasteiger partial charge is 0.338 e. The van der Waals surface area contributed by atoms with Crippen molar-refractivity contribution in [2.24, 2.45) is 0 Å². The fraction of sp³-hybridized carbons (Fsp3) is 0.0769. The van der Waals surface area contributed by atoms with E-state index in [1.807, 2.05) is 6.92 Å². The van der Waals surface area contributed by atoms with Crippen molar-refractivity contribution < 1.29 is 14.7 Å². The number of thiophene rings is 1. The number of anilines is 1. The number of hydrogen-bond donors (Lipinski definition) is 2. The molecular formula is C13H10BrNO3S. The zero-order valence-electron chi connectivity index (χ0n) is 9.94. The maximum absolute atomic E-state index is 12.0. The van der Waals surface area contributed by atoms with Crippen LogP contribution in [0.3, 0.4) is 0 Å². The molecule has 0 bridgehead atoms. The summed E-state index contributed by atoms with van der Waals surface area (Å²) in [6.07, 6.45) is 0. The third kappa shape index (κ3) is 3.02. The fourth-order valence-corrected chi connectivity index (χ4v) is 2.56. The number of carbonyl (C=O) groups is 2. The molecule has 1 heterocycles. The Morgan fingerprint density at radius 3 is 2.68 bits per heavy atom. The molecule has 0 atom stereocenters. The van der Waals surface area contributed by atoms with Crippen LogP contribution in [0, 0.1) is 6.92 Å². The van der Waals surface area contributed by atoms with Crippen LogP contribution in [0.25, 0.3) is 0 Å². The molecule has 98 valence electrons. The number of carboxylic acid groups (broad SMARTS) is 1. The van der Waals surface area contributed by atoms with Gasteiger partial charge in [0, 0.05) is 10.0 Å². The summed E-state index contributed by atoms with van der Waals surface area (Å²) in [5.74, 6) is -1.37. The van der Waals surface area contributed by atoms with Gasteiger partial charge >= 0.3 is 5.97 Å². The highest BCUT2D eigenvalue weighted by Gasteiger charge is 2.15. The minimum atomic E-state index is -1.05. The summed E-state index contributed by atoms with van der Waals surface area (Å²) in [6.45, 7) is 1.88. The van der Waals surface area contributed by atoms with Gasteiger partial charge in [0.05, 0.1) is 5.56 Å². The van der Waals surface area contributed by atoms with Gasteiger partial charge in [-0.3, -0.25) is 4.79 Å². The molecule has 0 fully saturated rings. The van der Waals surface area contributed by atoms with Gasteiger partial charge in [0.15, 0.2) is 0 Å². The number of aromatic carboxylic acids is 1. The van der Waals surface area contributed by atoms with E-state index in [4.69, 9.17) is 5.11 Å². The highest BCUT2D eigenvalue weighted by atomic mass is 79.9. The van der Waals surface area contributed by atoms with Crippen LogP contribution in [0.4, 0.5) is 5.00 Å². The number of halogens is 1. The van der Waals surface area contributed by atoms with Crippen LogP contribution < -0.4 is 5.32 Å². The Bertz CT molecular complexity index is 651. The molecule has 6 heteroatoms. The van der Waals surface area contributed by atoms with E-state index in [9.17, 15) is 9.59 Å². The molecule has 2 aromatic rings. The minimum Gasteiger partial charge on any atom is -0.478 e. The average molecular weight is 340 g/mol. The Hall–Kier alpha value is -1.66. The largest absolute Gasteiger partial charge is 0.478 e. The van der Waals surface area contributed by atoms with Crippen molar-refractivity contribution in [2.45, 2.75) is 6.92 Å². The van der Waals surface area contributed by atoms with Gasteiger partial charge < -0.3 is 10.4 Å². The van der Waals surface area contributed by atoms with Gasteiger partial charge in [-0.1, -0.05) is 15.9 Å². The molecule has 0 aliphatic rings. The lowest BCUT2D eigenvalue weighted by Crippen LogP contribution is -2.13. The molecule has 0 spiro atoms. The summed E-state index contributed by atoms with van der Waals surface area (Å²) in [4.78, 5) is 23.0. The van der Waals surface area contributed by atoms with Crippen LogP contribution >= 0.6 is 27.3 Å². The van der Waals surface area contributed by atoms with Gasteiger partial charge in [-0.25, -0.2) is 4.79 Å². The predicted molar refractivity (Wildman–Crippen MR) is 78.1 cm³/mol. The number of nitrogens with one attached hydrogen (secondary N) is 1. The van der Waals surface area contributed by atoms with E-state index in [1.165, 1.54) is 17.4 Å². The van der Waals surface area contributed by atoms with Crippen molar-refractivity contribution in [3.05, 3.63) is 50.8 Å².